The van der Waals surface area contributed by atoms with Crippen LogP contribution in [0.25, 0.3) is 0 Å². The van der Waals surface area contributed by atoms with Crippen LogP contribution in [-0.2, 0) is 13.2 Å². The van der Waals surface area contributed by atoms with E-state index in [1.807, 2.05) is 37.3 Å². The van der Waals surface area contributed by atoms with Gasteiger partial charge in [0.15, 0.2) is 0 Å². The number of pyridine rings is 1. The summed E-state index contributed by atoms with van der Waals surface area (Å²) in [7, 11) is 0. The molecule has 0 radical (unpaired) electrons. The molecule has 3 nitrogen and oxygen atoms in total. The van der Waals surface area contributed by atoms with Crippen molar-refractivity contribution < 1.29 is 4.74 Å². The van der Waals surface area contributed by atoms with Crippen LogP contribution in [0.3, 0.4) is 0 Å². The summed E-state index contributed by atoms with van der Waals surface area (Å²) in [5, 5.41) is 4.02. The van der Waals surface area contributed by atoms with Gasteiger partial charge in [-0.3, -0.25) is 0 Å². The molecular formula is C16H19ClN2O. The first-order valence-corrected chi connectivity index (χ1v) is 7.10. The van der Waals surface area contributed by atoms with Crippen LogP contribution in [0, 0.1) is 6.92 Å². The summed E-state index contributed by atoms with van der Waals surface area (Å²) >= 11 is 5.95. The second kappa shape index (κ2) is 7.27. The maximum absolute atomic E-state index is 5.95. The number of ether oxygens (including phenoxy) is 1. The van der Waals surface area contributed by atoms with Gasteiger partial charge in [0.05, 0.1) is 0 Å². The third-order valence-electron chi connectivity index (χ3n) is 2.84. The van der Waals surface area contributed by atoms with Crippen molar-refractivity contribution >= 4 is 11.6 Å². The van der Waals surface area contributed by atoms with Gasteiger partial charge < -0.3 is 10.1 Å². The number of rotatable bonds is 6. The summed E-state index contributed by atoms with van der Waals surface area (Å²) < 4.78 is 5.75. The number of benzene rings is 1. The van der Waals surface area contributed by atoms with Gasteiger partial charge >= 0.3 is 0 Å². The maximum Gasteiger partial charge on any atom is 0.214 e. The fourth-order valence-electron chi connectivity index (χ4n) is 1.94. The Morgan fingerprint density at radius 2 is 2.05 bits per heavy atom. The summed E-state index contributed by atoms with van der Waals surface area (Å²) in [6.45, 7) is 6.30. The minimum absolute atomic E-state index is 0.470. The van der Waals surface area contributed by atoms with Crippen LogP contribution in [0.1, 0.15) is 23.7 Å². The molecule has 0 unspecified atom stereocenters. The normalized spacial score (nSPS) is 10.6. The average Bonchev–Trinajstić information content (AvgIpc) is 2.42. The Hall–Kier alpha value is -1.58. The Morgan fingerprint density at radius 3 is 2.80 bits per heavy atom. The van der Waals surface area contributed by atoms with E-state index in [1.165, 1.54) is 5.56 Å². The fraction of sp³-hybridized carbons (Fsp3) is 0.312. The van der Waals surface area contributed by atoms with E-state index >= 15 is 0 Å². The molecule has 1 aromatic carbocycles. The number of hydrogen-bond acceptors (Lipinski definition) is 3. The van der Waals surface area contributed by atoms with Crippen LogP contribution in [0.2, 0.25) is 5.02 Å². The summed E-state index contributed by atoms with van der Waals surface area (Å²) in [6, 6.07) is 11.7. The quantitative estimate of drug-likeness (QED) is 0.880. The van der Waals surface area contributed by atoms with E-state index in [-0.39, 0.29) is 0 Å². The molecule has 0 bridgehead atoms. The molecule has 2 aromatic rings. The highest BCUT2D eigenvalue weighted by Crippen LogP contribution is 2.16. The van der Waals surface area contributed by atoms with Gasteiger partial charge in [-0.15, -0.1) is 0 Å². The monoisotopic (exact) mass is 290 g/mol. The minimum atomic E-state index is 0.470. The van der Waals surface area contributed by atoms with E-state index in [4.69, 9.17) is 16.3 Å². The topological polar surface area (TPSA) is 34.2 Å². The van der Waals surface area contributed by atoms with Gasteiger partial charge in [0.25, 0.3) is 0 Å². The van der Waals surface area contributed by atoms with Crippen molar-refractivity contribution in [3.05, 3.63) is 58.2 Å². The van der Waals surface area contributed by atoms with Gasteiger partial charge in [-0.05, 0) is 42.8 Å². The molecule has 0 spiro atoms. The van der Waals surface area contributed by atoms with Crippen molar-refractivity contribution in [2.45, 2.75) is 27.0 Å². The summed E-state index contributed by atoms with van der Waals surface area (Å²) in [6.07, 6.45) is 0. The third-order valence-corrected chi connectivity index (χ3v) is 3.08. The molecule has 1 heterocycles. The molecule has 0 saturated carbocycles. The number of halogens is 1. The number of nitrogens with one attached hydrogen (secondary N) is 1. The number of nitrogens with zero attached hydrogens (tertiary/aromatic N) is 1. The minimum Gasteiger partial charge on any atom is -0.473 e. The highest BCUT2D eigenvalue weighted by molar-refractivity contribution is 6.30. The molecule has 0 aliphatic rings. The number of aromatic nitrogens is 1. The van der Waals surface area contributed by atoms with Crippen molar-refractivity contribution in [2.24, 2.45) is 0 Å². The second-order valence-corrected chi connectivity index (χ2v) is 5.09. The molecule has 0 saturated heterocycles. The predicted molar refractivity (Wildman–Crippen MR) is 82.1 cm³/mol. The Bertz CT molecular complexity index is 572. The van der Waals surface area contributed by atoms with E-state index in [1.54, 1.807) is 0 Å². The van der Waals surface area contributed by atoms with Crippen LogP contribution in [0.5, 0.6) is 5.88 Å². The SMILES string of the molecule is CCNCc1cc(C)nc(OCc2cccc(Cl)c2)c1. The zero-order valence-electron chi connectivity index (χ0n) is 11.8. The van der Waals surface area contributed by atoms with E-state index in [9.17, 15) is 0 Å². The fourth-order valence-corrected chi connectivity index (χ4v) is 2.15. The molecule has 20 heavy (non-hydrogen) atoms. The number of aryl methyl sites for hydroxylation is 1. The molecule has 0 aliphatic carbocycles. The Morgan fingerprint density at radius 1 is 1.20 bits per heavy atom. The first-order chi connectivity index (χ1) is 9.67. The van der Waals surface area contributed by atoms with E-state index in [2.05, 4.69) is 23.3 Å². The van der Waals surface area contributed by atoms with E-state index in [0.29, 0.717) is 12.5 Å². The first-order valence-electron chi connectivity index (χ1n) is 6.73. The van der Waals surface area contributed by atoms with Gasteiger partial charge in [-0.2, -0.15) is 0 Å². The van der Waals surface area contributed by atoms with Crippen molar-refractivity contribution in [2.75, 3.05) is 6.54 Å². The van der Waals surface area contributed by atoms with Crippen molar-refractivity contribution in [1.29, 1.82) is 0 Å². The number of hydrogen-bond donors (Lipinski definition) is 1. The third kappa shape index (κ3) is 4.51. The first kappa shape index (κ1) is 14.8. The summed E-state index contributed by atoms with van der Waals surface area (Å²) in [5.74, 6) is 0.651. The van der Waals surface area contributed by atoms with Crippen LogP contribution in [-0.4, -0.2) is 11.5 Å². The van der Waals surface area contributed by atoms with Gasteiger partial charge in [-0.1, -0.05) is 30.7 Å². The molecule has 0 fully saturated rings. The maximum atomic E-state index is 5.95. The summed E-state index contributed by atoms with van der Waals surface area (Å²) in [5.41, 5.74) is 3.18. The molecule has 4 heteroatoms. The van der Waals surface area contributed by atoms with E-state index in [0.717, 1.165) is 29.4 Å². The molecule has 2 rings (SSSR count). The van der Waals surface area contributed by atoms with Crippen molar-refractivity contribution in [3.8, 4) is 5.88 Å². The van der Waals surface area contributed by atoms with Gasteiger partial charge in [0, 0.05) is 23.3 Å². The Balaban J connectivity index is 2.03. The molecule has 0 atom stereocenters. The average molecular weight is 291 g/mol. The lowest BCUT2D eigenvalue weighted by Gasteiger charge is -2.09. The Kier molecular flexibility index (Phi) is 5.39. The lowest BCUT2D eigenvalue weighted by molar-refractivity contribution is 0.293. The lowest BCUT2D eigenvalue weighted by atomic mass is 10.2. The van der Waals surface area contributed by atoms with Crippen LogP contribution >= 0.6 is 11.6 Å². The molecule has 0 amide bonds. The van der Waals surface area contributed by atoms with Crippen LogP contribution in [0.15, 0.2) is 36.4 Å². The molecule has 1 aromatic heterocycles. The van der Waals surface area contributed by atoms with Gasteiger partial charge in [0.1, 0.15) is 6.61 Å². The lowest BCUT2D eigenvalue weighted by Crippen LogP contribution is -2.12. The molecule has 1 N–H and O–H groups in total. The Labute approximate surface area is 124 Å². The molecule has 106 valence electrons. The largest absolute Gasteiger partial charge is 0.473 e. The molecular weight excluding hydrogens is 272 g/mol. The smallest absolute Gasteiger partial charge is 0.214 e. The van der Waals surface area contributed by atoms with Crippen molar-refractivity contribution in [3.63, 3.8) is 0 Å². The zero-order chi connectivity index (χ0) is 14.4. The van der Waals surface area contributed by atoms with E-state index < -0.39 is 0 Å². The standard InChI is InChI=1S/C16H19ClN2O/c1-3-18-10-14-7-12(2)19-16(9-14)20-11-13-5-4-6-15(17)8-13/h4-9,18H,3,10-11H2,1-2H3. The van der Waals surface area contributed by atoms with Crippen molar-refractivity contribution in [1.82, 2.24) is 10.3 Å². The summed E-state index contributed by atoms with van der Waals surface area (Å²) in [4.78, 5) is 4.40. The predicted octanol–water partition coefficient (Wildman–Crippen LogP) is 3.73. The van der Waals surface area contributed by atoms with Crippen LogP contribution in [0.4, 0.5) is 0 Å². The molecule has 0 aliphatic heterocycles. The highest BCUT2D eigenvalue weighted by atomic mass is 35.5. The highest BCUT2D eigenvalue weighted by Gasteiger charge is 2.02. The second-order valence-electron chi connectivity index (χ2n) is 4.65. The zero-order valence-corrected chi connectivity index (χ0v) is 12.6. The van der Waals surface area contributed by atoms with Gasteiger partial charge in [-0.25, -0.2) is 4.98 Å². The van der Waals surface area contributed by atoms with Crippen LogP contribution < -0.4 is 10.1 Å². The van der Waals surface area contributed by atoms with Gasteiger partial charge in [0.2, 0.25) is 5.88 Å².